The molecule has 0 amide bonds. The molecule has 0 spiro atoms. The lowest BCUT2D eigenvalue weighted by molar-refractivity contribution is 0.0749. The second-order valence-electron chi connectivity index (χ2n) is 9.67. The number of aromatic nitrogens is 4. The van der Waals surface area contributed by atoms with Crippen LogP contribution in [-0.4, -0.2) is 92.4 Å². The highest BCUT2D eigenvalue weighted by atomic mass is 16.5. The molecule has 1 atom stereocenters. The van der Waals surface area contributed by atoms with Crippen LogP contribution in [0.2, 0.25) is 0 Å². The molecule has 2 N–H and O–H groups in total. The zero-order chi connectivity index (χ0) is 26.5. The number of nitrogens with zero attached hydrogens (tertiary/aromatic N) is 5. The van der Waals surface area contributed by atoms with E-state index in [1.807, 2.05) is 6.92 Å². The van der Waals surface area contributed by atoms with Crippen LogP contribution in [0.15, 0.2) is 23.0 Å². The Kier molecular flexibility index (Phi) is 8.73. The Morgan fingerprint density at radius 1 is 1.22 bits per heavy atom. The molecule has 0 bridgehead atoms. The van der Waals surface area contributed by atoms with Crippen LogP contribution in [-0.2, 0) is 13.5 Å². The first-order valence-electron chi connectivity index (χ1n) is 13.2. The number of fused-ring (bicyclic) bond motifs is 1. The van der Waals surface area contributed by atoms with Gasteiger partial charge in [0.2, 0.25) is 0 Å². The molecule has 1 aromatic carbocycles. The molecule has 3 aromatic rings. The summed E-state index contributed by atoms with van der Waals surface area (Å²) in [6, 6.07) is 5.66. The van der Waals surface area contributed by atoms with Gasteiger partial charge in [-0.25, -0.2) is 4.98 Å². The first-order valence-corrected chi connectivity index (χ1v) is 13.2. The Morgan fingerprint density at radius 2 is 1.97 bits per heavy atom. The first kappa shape index (κ1) is 27.0. The summed E-state index contributed by atoms with van der Waals surface area (Å²) in [5, 5.41) is 13.7. The predicted octanol–water partition coefficient (Wildman–Crippen LogP) is 2.25. The van der Waals surface area contributed by atoms with Crippen molar-refractivity contribution in [1.82, 2.24) is 29.5 Å². The van der Waals surface area contributed by atoms with Crippen molar-refractivity contribution in [3.8, 4) is 17.1 Å². The maximum absolute atomic E-state index is 13.3. The second kappa shape index (κ2) is 12.0. The fraction of sp³-hybridized carbons (Fsp3) is 0.556. The fourth-order valence-electron chi connectivity index (χ4n) is 4.98. The smallest absolute Gasteiger partial charge is 0.277 e. The van der Waals surface area contributed by atoms with Crippen LogP contribution < -0.4 is 10.3 Å². The number of rotatable bonds is 11. The number of piperazine rings is 1. The number of aryl methyl sites for hydroxylation is 2. The number of carbonyl (C=O) groups is 1. The maximum atomic E-state index is 13.3. The zero-order valence-electron chi connectivity index (χ0n) is 22.3. The van der Waals surface area contributed by atoms with Crippen molar-refractivity contribution in [2.75, 3.05) is 45.9 Å². The monoisotopic (exact) mass is 510 g/mol. The van der Waals surface area contributed by atoms with Crippen LogP contribution in [0.3, 0.4) is 0 Å². The highest BCUT2D eigenvalue weighted by Crippen LogP contribution is 2.30. The molecule has 10 nitrogen and oxygen atoms in total. The summed E-state index contributed by atoms with van der Waals surface area (Å²) in [5.74, 6) is 0.944. The molecule has 1 unspecified atom stereocenters. The van der Waals surface area contributed by atoms with Crippen molar-refractivity contribution < 1.29 is 14.6 Å². The Hall–Kier alpha value is -3.08. The van der Waals surface area contributed by atoms with Crippen LogP contribution >= 0.6 is 0 Å². The molecule has 0 aliphatic carbocycles. The number of carbonyl (C=O) groups excluding carboxylic acids is 1. The van der Waals surface area contributed by atoms with E-state index in [1.54, 1.807) is 29.9 Å². The number of Topliss-reactive ketones (excluding diaryl/α,β-unsaturated/α-hetero) is 1. The van der Waals surface area contributed by atoms with E-state index in [1.165, 1.54) is 0 Å². The summed E-state index contributed by atoms with van der Waals surface area (Å²) in [6.45, 7) is 10.4. The number of aromatic amines is 1. The molecule has 4 rings (SSSR count). The van der Waals surface area contributed by atoms with E-state index in [0.717, 1.165) is 51.1 Å². The quantitative estimate of drug-likeness (QED) is 0.377. The van der Waals surface area contributed by atoms with Crippen molar-refractivity contribution in [1.29, 1.82) is 0 Å². The van der Waals surface area contributed by atoms with Gasteiger partial charge in [-0.15, -0.1) is 0 Å². The van der Waals surface area contributed by atoms with E-state index in [4.69, 9.17) is 9.72 Å². The molecule has 3 heterocycles. The Balaban J connectivity index is 1.60. The van der Waals surface area contributed by atoms with Crippen molar-refractivity contribution >= 4 is 16.8 Å². The molecule has 0 saturated carbocycles. The van der Waals surface area contributed by atoms with Crippen molar-refractivity contribution in [2.24, 2.45) is 7.05 Å². The zero-order valence-corrected chi connectivity index (χ0v) is 22.3. The lowest BCUT2D eigenvalue weighted by Gasteiger charge is -2.37. The fourth-order valence-corrected chi connectivity index (χ4v) is 4.98. The normalized spacial score (nSPS) is 15.8. The lowest BCUT2D eigenvalue weighted by Crippen LogP contribution is -2.50. The molecule has 1 fully saturated rings. The predicted molar refractivity (Wildman–Crippen MR) is 143 cm³/mol. The van der Waals surface area contributed by atoms with Gasteiger partial charge in [0.05, 0.1) is 24.4 Å². The topological polar surface area (TPSA) is 117 Å². The Bertz CT molecular complexity index is 1290. The van der Waals surface area contributed by atoms with Crippen LogP contribution in [0, 0.1) is 0 Å². The van der Waals surface area contributed by atoms with Crippen molar-refractivity contribution in [2.45, 2.75) is 46.1 Å². The number of hydrogen-bond donors (Lipinski definition) is 2. The number of ketones is 1. The third kappa shape index (κ3) is 5.92. The highest BCUT2D eigenvalue weighted by molar-refractivity contribution is 5.99. The molecule has 1 aliphatic heterocycles. The molecule has 37 heavy (non-hydrogen) atoms. The minimum Gasteiger partial charge on any atom is -0.493 e. The molecule has 2 aromatic heterocycles. The minimum atomic E-state index is -0.273. The maximum Gasteiger partial charge on any atom is 0.277 e. The van der Waals surface area contributed by atoms with Crippen molar-refractivity contribution in [3.05, 3.63) is 39.8 Å². The van der Waals surface area contributed by atoms with E-state index in [0.29, 0.717) is 52.9 Å². The van der Waals surface area contributed by atoms with Gasteiger partial charge in [-0.1, -0.05) is 13.3 Å². The third-order valence-corrected chi connectivity index (χ3v) is 7.05. The van der Waals surface area contributed by atoms with Gasteiger partial charge in [0.15, 0.2) is 11.3 Å². The second-order valence-corrected chi connectivity index (χ2v) is 9.67. The van der Waals surface area contributed by atoms with Gasteiger partial charge in [-0.3, -0.25) is 24.1 Å². The summed E-state index contributed by atoms with van der Waals surface area (Å²) in [6.07, 6.45) is 2.36. The van der Waals surface area contributed by atoms with Gasteiger partial charge < -0.3 is 14.8 Å². The summed E-state index contributed by atoms with van der Waals surface area (Å²) in [4.78, 5) is 38.4. The van der Waals surface area contributed by atoms with Gasteiger partial charge in [0, 0.05) is 51.4 Å². The van der Waals surface area contributed by atoms with E-state index in [-0.39, 0.29) is 17.9 Å². The first-order chi connectivity index (χ1) is 17.9. The number of aliphatic hydroxyl groups is 1. The number of hydrogen-bond acceptors (Lipinski definition) is 8. The summed E-state index contributed by atoms with van der Waals surface area (Å²) in [5.41, 5.74) is 2.66. The average Bonchev–Trinajstić information content (AvgIpc) is 3.20. The largest absolute Gasteiger partial charge is 0.493 e. The Labute approximate surface area is 217 Å². The number of ether oxygens (including phenoxy) is 1. The SMILES string of the molecule is CCCc1nn(C)c2c(=O)[nH]c(-c3cc(C(=O)CN4CCN(C(C)CCO)CC4)ccc3OCC)nc12. The van der Waals surface area contributed by atoms with Gasteiger partial charge in [0.25, 0.3) is 5.56 Å². The summed E-state index contributed by atoms with van der Waals surface area (Å²) in [7, 11) is 1.75. The highest BCUT2D eigenvalue weighted by Gasteiger charge is 2.24. The molecule has 1 aliphatic rings. The molecule has 1 saturated heterocycles. The molecular weight excluding hydrogens is 472 g/mol. The summed E-state index contributed by atoms with van der Waals surface area (Å²) >= 11 is 0. The Morgan fingerprint density at radius 3 is 2.65 bits per heavy atom. The van der Waals surface area contributed by atoms with Crippen LogP contribution in [0.1, 0.15) is 49.7 Å². The molecule has 10 heteroatoms. The molecule has 200 valence electrons. The van der Waals surface area contributed by atoms with Gasteiger partial charge in [-0.2, -0.15) is 5.10 Å². The van der Waals surface area contributed by atoms with E-state index in [2.05, 4.69) is 33.7 Å². The number of H-pyrrole nitrogens is 1. The van der Waals surface area contributed by atoms with Crippen LogP contribution in [0.5, 0.6) is 5.75 Å². The third-order valence-electron chi connectivity index (χ3n) is 7.05. The van der Waals surface area contributed by atoms with Gasteiger partial charge in [-0.05, 0) is 44.9 Å². The lowest BCUT2D eigenvalue weighted by atomic mass is 10.0. The van der Waals surface area contributed by atoms with Crippen LogP contribution in [0.25, 0.3) is 22.4 Å². The minimum absolute atomic E-state index is 0.0117. The molecular formula is C27H38N6O4. The van der Waals surface area contributed by atoms with Gasteiger partial charge >= 0.3 is 0 Å². The standard InChI is InChI=1S/C27H38N6O4/c1-5-7-21-24-25(31(4)30-21)27(36)29-26(28-24)20-16-19(8-9-23(20)37-6-2)22(35)17-32-11-13-33(14-12-32)18(3)10-15-34/h8-9,16,18,34H,5-7,10-15,17H2,1-4H3,(H,28,29,36). The van der Waals surface area contributed by atoms with Crippen LogP contribution in [0.4, 0.5) is 0 Å². The molecule has 0 radical (unpaired) electrons. The number of benzene rings is 1. The van der Waals surface area contributed by atoms with E-state index < -0.39 is 0 Å². The summed E-state index contributed by atoms with van der Waals surface area (Å²) < 4.78 is 7.41. The van der Waals surface area contributed by atoms with E-state index in [9.17, 15) is 14.7 Å². The number of nitrogens with one attached hydrogen (secondary N) is 1. The average molecular weight is 511 g/mol. The number of aliphatic hydroxyl groups excluding tert-OH is 1. The van der Waals surface area contributed by atoms with Gasteiger partial charge in [0.1, 0.15) is 17.1 Å². The van der Waals surface area contributed by atoms with E-state index >= 15 is 0 Å². The van der Waals surface area contributed by atoms with Crippen molar-refractivity contribution in [3.63, 3.8) is 0 Å².